The summed E-state index contributed by atoms with van der Waals surface area (Å²) in [5.74, 6) is 0. The molecule has 1 nitrogen and oxygen atoms in total. The minimum Gasteiger partial charge on any atom is -0.265 e. The summed E-state index contributed by atoms with van der Waals surface area (Å²) in [5.41, 5.74) is 0. The molecule has 1 rings (SSSR count). The van der Waals surface area contributed by atoms with Crippen LogP contribution in [0.25, 0.3) is 0 Å². The van der Waals surface area contributed by atoms with Gasteiger partial charge in [0.25, 0.3) is 0 Å². The summed E-state index contributed by atoms with van der Waals surface area (Å²) in [5, 5.41) is 0. The molecule has 1 aromatic rings. The van der Waals surface area contributed by atoms with Gasteiger partial charge in [-0.25, -0.2) is 0 Å². The largest absolute Gasteiger partial charge is 0.265 e. The average molecular weight is 187 g/mol. The third kappa shape index (κ3) is 2.57. The van der Waals surface area contributed by atoms with E-state index in [0.717, 1.165) is 0 Å². The minimum absolute atomic E-state index is 0. The van der Waals surface area contributed by atoms with Crippen LogP contribution in [-0.4, -0.2) is 4.98 Å². The fourth-order valence-electron chi connectivity index (χ4n) is 0.313. The summed E-state index contributed by atoms with van der Waals surface area (Å²) < 4.78 is 0. The Balaban J connectivity index is 0.000000360. The number of hydrogen-bond donors (Lipinski definition) is 0. The van der Waals surface area contributed by atoms with E-state index in [-0.39, 0.29) is 22.4 Å². The molecule has 0 N–H and O–H groups in total. The van der Waals surface area contributed by atoms with Crippen molar-refractivity contribution in [2.24, 2.45) is 0 Å². The molecule has 0 unspecified atom stereocenters. The monoisotopic (exact) mass is 186 g/mol. The fraction of sp³-hybridized carbons (Fsp3) is 0. The molecule has 1 radical (unpaired) electrons. The Morgan fingerprint density at radius 3 is 1.57 bits per heavy atom. The summed E-state index contributed by atoms with van der Waals surface area (Å²) in [4.78, 5) is 3.78. The zero-order valence-corrected chi connectivity index (χ0v) is 5.12. The van der Waals surface area contributed by atoms with Gasteiger partial charge in [0.15, 0.2) is 0 Å². The maximum Gasteiger partial charge on any atom is 0.0267 e. The van der Waals surface area contributed by atoms with Crippen LogP contribution < -0.4 is 0 Å². The molecule has 0 saturated carbocycles. The quantitative estimate of drug-likeness (QED) is 0.553. The van der Waals surface area contributed by atoms with E-state index in [1.807, 2.05) is 18.2 Å². The van der Waals surface area contributed by atoms with E-state index in [1.165, 1.54) is 0 Å². The molecule has 0 saturated heterocycles. The number of rotatable bonds is 0. The Morgan fingerprint density at radius 1 is 0.857 bits per heavy atom. The molecular weight excluding hydrogens is 182 g/mol. The van der Waals surface area contributed by atoms with Gasteiger partial charge in [-0.05, 0) is 12.1 Å². The Kier molecular flexibility index (Phi) is 4.00. The molecule has 0 fully saturated rings. The number of nitrogens with zero attached hydrogens (tertiary/aromatic N) is 1. The third-order valence-corrected chi connectivity index (χ3v) is 0.566. The summed E-state index contributed by atoms with van der Waals surface area (Å²) in [6.45, 7) is 0. The van der Waals surface area contributed by atoms with Gasteiger partial charge in [-0.2, -0.15) is 0 Å². The van der Waals surface area contributed by atoms with Gasteiger partial charge in [-0.1, -0.05) is 6.07 Å². The molecule has 0 amide bonds. The zero-order chi connectivity index (χ0) is 4.24. The van der Waals surface area contributed by atoms with Gasteiger partial charge in [-0.15, -0.1) is 0 Å². The van der Waals surface area contributed by atoms with Crippen molar-refractivity contribution in [2.75, 3.05) is 0 Å². The first-order valence-corrected chi connectivity index (χ1v) is 1.85. The molecule has 7 heavy (non-hydrogen) atoms. The van der Waals surface area contributed by atoms with Crippen LogP contribution in [0.15, 0.2) is 30.6 Å². The van der Waals surface area contributed by atoms with Crippen LogP contribution in [0.5, 0.6) is 0 Å². The van der Waals surface area contributed by atoms with Crippen LogP contribution in [0.3, 0.4) is 0 Å². The van der Waals surface area contributed by atoms with Crippen LogP contribution in [0, 0.1) is 0 Å². The van der Waals surface area contributed by atoms with Gasteiger partial charge in [0.05, 0.1) is 0 Å². The van der Waals surface area contributed by atoms with Crippen molar-refractivity contribution < 1.29 is 22.4 Å². The van der Waals surface area contributed by atoms with E-state index in [4.69, 9.17) is 0 Å². The number of hydrogen-bond acceptors (Lipinski definition) is 1. The smallest absolute Gasteiger partial charge is 0.0267 e. The summed E-state index contributed by atoms with van der Waals surface area (Å²) in [6.07, 6.45) is 3.50. The summed E-state index contributed by atoms with van der Waals surface area (Å²) in [7, 11) is 0. The number of pyridine rings is 1. The third-order valence-electron chi connectivity index (χ3n) is 0.566. The molecule has 41 valence electrons. The van der Waals surface area contributed by atoms with Gasteiger partial charge < -0.3 is 0 Å². The summed E-state index contributed by atoms with van der Waals surface area (Å²) in [6, 6.07) is 5.72. The molecule has 1 heterocycles. The summed E-state index contributed by atoms with van der Waals surface area (Å²) >= 11 is 0. The molecule has 0 bridgehead atoms. The fourth-order valence-corrected chi connectivity index (χ4v) is 0.313. The zero-order valence-electron chi connectivity index (χ0n) is 3.64. The molecule has 0 atom stereocenters. The maximum atomic E-state index is 3.78. The van der Waals surface area contributed by atoms with Gasteiger partial charge in [0, 0.05) is 34.8 Å². The first kappa shape index (κ1) is 6.89. The standard InChI is InChI=1S/C5H5N.Ag/c1-2-4-6-5-3-1;/h1-5H;. The first-order valence-electron chi connectivity index (χ1n) is 1.85. The van der Waals surface area contributed by atoms with Crippen LogP contribution in [0.2, 0.25) is 0 Å². The second kappa shape index (κ2) is 4.06. The van der Waals surface area contributed by atoms with E-state index in [2.05, 4.69) is 4.98 Å². The second-order valence-corrected chi connectivity index (χ2v) is 1.02. The second-order valence-electron chi connectivity index (χ2n) is 1.02. The Hall–Kier alpha value is -0.110. The van der Waals surface area contributed by atoms with Crippen molar-refractivity contribution in [3.63, 3.8) is 0 Å². The van der Waals surface area contributed by atoms with Crippen LogP contribution >= 0.6 is 0 Å². The van der Waals surface area contributed by atoms with Crippen molar-refractivity contribution in [1.82, 2.24) is 4.98 Å². The minimum atomic E-state index is 0. The predicted octanol–water partition coefficient (Wildman–Crippen LogP) is 1.08. The molecule has 0 spiro atoms. The van der Waals surface area contributed by atoms with E-state index in [9.17, 15) is 0 Å². The van der Waals surface area contributed by atoms with Gasteiger partial charge >= 0.3 is 0 Å². The molecule has 0 aliphatic rings. The van der Waals surface area contributed by atoms with Crippen molar-refractivity contribution >= 4 is 0 Å². The normalized spacial score (nSPS) is 6.86. The predicted molar refractivity (Wildman–Crippen MR) is 24.2 cm³/mol. The first-order chi connectivity index (χ1) is 3.00. The van der Waals surface area contributed by atoms with Crippen molar-refractivity contribution in [1.29, 1.82) is 0 Å². The molecule has 1 aromatic heterocycles. The van der Waals surface area contributed by atoms with Crippen molar-refractivity contribution in [3.8, 4) is 0 Å². The van der Waals surface area contributed by atoms with E-state index in [0.29, 0.717) is 0 Å². The molecule has 0 aliphatic carbocycles. The van der Waals surface area contributed by atoms with Crippen LogP contribution in [-0.2, 0) is 22.4 Å². The topological polar surface area (TPSA) is 12.9 Å². The Morgan fingerprint density at radius 2 is 1.43 bits per heavy atom. The molecule has 0 aromatic carbocycles. The molecule has 0 aliphatic heterocycles. The van der Waals surface area contributed by atoms with E-state index >= 15 is 0 Å². The van der Waals surface area contributed by atoms with Gasteiger partial charge in [0.2, 0.25) is 0 Å². The van der Waals surface area contributed by atoms with Crippen molar-refractivity contribution in [2.45, 2.75) is 0 Å². The van der Waals surface area contributed by atoms with Crippen LogP contribution in [0.4, 0.5) is 0 Å². The maximum absolute atomic E-state index is 3.78. The van der Waals surface area contributed by atoms with Crippen LogP contribution in [0.1, 0.15) is 0 Å². The average Bonchev–Trinajstić information content (AvgIpc) is 1.72. The van der Waals surface area contributed by atoms with Crippen molar-refractivity contribution in [3.05, 3.63) is 30.6 Å². The van der Waals surface area contributed by atoms with Gasteiger partial charge in [-0.3, -0.25) is 4.98 Å². The van der Waals surface area contributed by atoms with Gasteiger partial charge in [0.1, 0.15) is 0 Å². The molecular formula is C5H5AgN. The number of aromatic nitrogens is 1. The Labute approximate surface area is 58.3 Å². The van der Waals surface area contributed by atoms with E-state index in [1.54, 1.807) is 12.4 Å². The Bertz CT molecular complexity index is 80.0. The van der Waals surface area contributed by atoms with E-state index < -0.39 is 0 Å². The SMILES string of the molecule is [Ag].c1ccncc1. The molecule has 2 heteroatoms.